The van der Waals surface area contributed by atoms with Crippen LogP contribution in [-0.2, 0) is 17.6 Å². The first kappa shape index (κ1) is 20.1. The van der Waals surface area contributed by atoms with E-state index in [9.17, 15) is 13.6 Å². The van der Waals surface area contributed by atoms with Crippen LogP contribution in [0, 0.1) is 11.6 Å². The number of nitrogens with two attached hydrogens (primary N) is 1. The van der Waals surface area contributed by atoms with Crippen LogP contribution < -0.4 is 5.73 Å². The fraction of sp³-hybridized carbons (Fsp3) is 0.278. The summed E-state index contributed by atoms with van der Waals surface area (Å²) in [5.74, 6) is -1.99. The normalized spacial score (nSPS) is 10.1. The van der Waals surface area contributed by atoms with E-state index in [1.807, 2.05) is 30.3 Å². The zero-order chi connectivity index (χ0) is 16.7. The molecule has 0 unspecified atom stereocenters. The van der Waals surface area contributed by atoms with Gasteiger partial charge in [0.15, 0.2) is 11.6 Å². The molecule has 0 saturated carbocycles. The van der Waals surface area contributed by atoms with Crippen molar-refractivity contribution in [3.8, 4) is 0 Å². The van der Waals surface area contributed by atoms with E-state index in [0.29, 0.717) is 25.2 Å². The lowest BCUT2D eigenvalue weighted by atomic mass is 10.1. The highest BCUT2D eigenvalue weighted by molar-refractivity contribution is 5.85. The van der Waals surface area contributed by atoms with Gasteiger partial charge in [-0.15, -0.1) is 12.4 Å². The molecule has 3 nitrogen and oxygen atoms in total. The Balaban J connectivity index is 0.00000288. The maximum absolute atomic E-state index is 13.2. The molecule has 0 aliphatic rings. The number of halogens is 3. The van der Waals surface area contributed by atoms with Crippen LogP contribution in [0.5, 0.6) is 0 Å². The van der Waals surface area contributed by atoms with Gasteiger partial charge < -0.3 is 10.6 Å². The van der Waals surface area contributed by atoms with Crippen LogP contribution in [0.2, 0.25) is 0 Å². The summed E-state index contributed by atoms with van der Waals surface area (Å²) in [6.07, 6.45) is 0.760. The van der Waals surface area contributed by atoms with Gasteiger partial charge in [0.1, 0.15) is 0 Å². The van der Waals surface area contributed by atoms with Gasteiger partial charge in [-0.2, -0.15) is 0 Å². The summed E-state index contributed by atoms with van der Waals surface area (Å²) in [5.41, 5.74) is 7.16. The van der Waals surface area contributed by atoms with Gasteiger partial charge in [-0.25, -0.2) is 8.78 Å². The summed E-state index contributed by atoms with van der Waals surface area (Å²) in [7, 11) is 0. The Kier molecular flexibility index (Phi) is 8.36. The standard InChI is InChI=1S/C18H20F2N2O.ClH/c19-16-7-6-15(12-17(16)20)13-18(23)22(11-9-21)10-8-14-4-2-1-3-5-14;/h1-7,12H,8-11,13,21H2;1H. The highest BCUT2D eigenvalue weighted by atomic mass is 35.5. The number of hydrogen-bond donors (Lipinski definition) is 1. The summed E-state index contributed by atoms with van der Waals surface area (Å²) in [6, 6.07) is 13.4. The van der Waals surface area contributed by atoms with E-state index in [2.05, 4.69) is 0 Å². The topological polar surface area (TPSA) is 46.3 Å². The van der Waals surface area contributed by atoms with Crippen molar-refractivity contribution < 1.29 is 13.6 Å². The molecule has 0 spiro atoms. The summed E-state index contributed by atoms with van der Waals surface area (Å²) in [4.78, 5) is 14.0. The van der Waals surface area contributed by atoms with Crippen molar-refractivity contribution in [3.63, 3.8) is 0 Å². The van der Waals surface area contributed by atoms with Crippen LogP contribution in [0.4, 0.5) is 8.78 Å². The van der Waals surface area contributed by atoms with Gasteiger partial charge in [-0.1, -0.05) is 36.4 Å². The molecule has 2 N–H and O–H groups in total. The van der Waals surface area contributed by atoms with E-state index in [1.54, 1.807) is 4.90 Å². The van der Waals surface area contributed by atoms with E-state index in [1.165, 1.54) is 6.07 Å². The molecule has 0 atom stereocenters. The molecule has 0 bridgehead atoms. The Morgan fingerprint density at radius 2 is 1.67 bits per heavy atom. The smallest absolute Gasteiger partial charge is 0.227 e. The maximum atomic E-state index is 13.2. The minimum absolute atomic E-state index is 0. The van der Waals surface area contributed by atoms with Gasteiger partial charge in [0.2, 0.25) is 5.91 Å². The average Bonchev–Trinajstić information content (AvgIpc) is 2.55. The monoisotopic (exact) mass is 354 g/mol. The number of benzene rings is 2. The highest BCUT2D eigenvalue weighted by Gasteiger charge is 2.14. The molecule has 0 heterocycles. The summed E-state index contributed by atoms with van der Waals surface area (Å²) < 4.78 is 26.2. The quantitative estimate of drug-likeness (QED) is 0.831. The van der Waals surface area contributed by atoms with Crippen LogP contribution >= 0.6 is 12.4 Å². The van der Waals surface area contributed by atoms with Crippen LogP contribution in [0.3, 0.4) is 0 Å². The minimum atomic E-state index is -0.940. The van der Waals surface area contributed by atoms with Crippen LogP contribution in [0.1, 0.15) is 11.1 Å². The predicted octanol–water partition coefficient (Wildman–Crippen LogP) is 2.96. The van der Waals surface area contributed by atoms with Gasteiger partial charge in [-0.05, 0) is 29.7 Å². The Hall–Kier alpha value is -1.98. The summed E-state index contributed by atoms with van der Waals surface area (Å²) in [6.45, 7) is 1.34. The molecule has 1 amide bonds. The van der Waals surface area contributed by atoms with Crippen LogP contribution in [0.25, 0.3) is 0 Å². The number of carbonyl (C=O) groups is 1. The van der Waals surface area contributed by atoms with Crippen molar-refractivity contribution in [1.29, 1.82) is 0 Å². The molecule has 2 rings (SSSR count). The molecule has 130 valence electrons. The second-order valence-electron chi connectivity index (χ2n) is 5.33. The number of hydrogen-bond acceptors (Lipinski definition) is 2. The van der Waals surface area contributed by atoms with Gasteiger partial charge in [-0.3, -0.25) is 4.79 Å². The Morgan fingerprint density at radius 1 is 0.958 bits per heavy atom. The van der Waals surface area contributed by atoms with Gasteiger partial charge >= 0.3 is 0 Å². The van der Waals surface area contributed by atoms with Crippen molar-refractivity contribution in [1.82, 2.24) is 4.90 Å². The number of nitrogens with zero attached hydrogens (tertiary/aromatic N) is 1. The average molecular weight is 355 g/mol. The lowest BCUT2D eigenvalue weighted by Crippen LogP contribution is -2.37. The fourth-order valence-corrected chi connectivity index (χ4v) is 2.36. The van der Waals surface area contributed by atoms with Crippen molar-refractivity contribution in [2.24, 2.45) is 5.73 Å². The first-order valence-corrected chi connectivity index (χ1v) is 7.56. The van der Waals surface area contributed by atoms with E-state index in [-0.39, 0.29) is 24.7 Å². The molecule has 0 saturated heterocycles. The Labute approximate surface area is 146 Å². The molecule has 0 aromatic heterocycles. The maximum Gasteiger partial charge on any atom is 0.227 e. The first-order chi connectivity index (χ1) is 11.1. The molecular formula is C18H21ClF2N2O. The van der Waals surface area contributed by atoms with Crippen molar-refractivity contribution >= 4 is 18.3 Å². The molecule has 0 radical (unpaired) electrons. The molecule has 0 aliphatic heterocycles. The van der Waals surface area contributed by atoms with Crippen LogP contribution in [-0.4, -0.2) is 30.4 Å². The molecule has 24 heavy (non-hydrogen) atoms. The predicted molar refractivity (Wildman–Crippen MR) is 93.1 cm³/mol. The zero-order valence-corrected chi connectivity index (χ0v) is 14.1. The van der Waals surface area contributed by atoms with Crippen molar-refractivity contribution in [2.75, 3.05) is 19.6 Å². The molecular weight excluding hydrogens is 334 g/mol. The summed E-state index contributed by atoms with van der Waals surface area (Å²) in [5, 5.41) is 0. The Morgan fingerprint density at radius 3 is 2.29 bits per heavy atom. The minimum Gasteiger partial charge on any atom is -0.341 e. The number of carbonyl (C=O) groups excluding carboxylic acids is 1. The van der Waals surface area contributed by atoms with Gasteiger partial charge in [0.25, 0.3) is 0 Å². The SMILES string of the molecule is Cl.NCCN(CCc1ccccc1)C(=O)Cc1ccc(F)c(F)c1. The van der Waals surface area contributed by atoms with Crippen molar-refractivity contribution in [2.45, 2.75) is 12.8 Å². The van der Waals surface area contributed by atoms with E-state index in [0.717, 1.165) is 24.1 Å². The van der Waals surface area contributed by atoms with Gasteiger partial charge in [0, 0.05) is 19.6 Å². The number of amides is 1. The van der Waals surface area contributed by atoms with E-state index < -0.39 is 11.6 Å². The van der Waals surface area contributed by atoms with E-state index >= 15 is 0 Å². The second-order valence-corrected chi connectivity index (χ2v) is 5.33. The molecule has 2 aromatic carbocycles. The molecule has 0 fully saturated rings. The summed E-state index contributed by atoms with van der Waals surface area (Å²) >= 11 is 0. The molecule has 0 aliphatic carbocycles. The largest absolute Gasteiger partial charge is 0.341 e. The van der Waals surface area contributed by atoms with Gasteiger partial charge in [0.05, 0.1) is 6.42 Å². The third-order valence-corrected chi connectivity index (χ3v) is 3.60. The fourth-order valence-electron chi connectivity index (χ4n) is 2.36. The number of rotatable bonds is 7. The van der Waals surface area contributed by atoms with Crippen LogP contribution in [0.15, 0.2) is 48.5 Å². The third-order valence-electron chi connectivity index (χ3n) is 3.60. The second kappa shape index (κ2) is 10.0. The zero-order valence-electron chi connectivity index (χ0n) is 13.3. The molecule has 6 heteroatoms. The van der Waals surface area contributed by atoms with Crippen molar-refractivity contribution in [3.05, 3.63) is 71.3 Å². The first-order valence-electron chi connectivity index (χ1n) is 7.56. The van der Waals surface area contributed by atoms with E-state index in [4.69, 9.17) is 5.73 Å². The lowest BCUT2D eigenvalue weighted by Gasteiger charge is -2.22. The highest BCUT2D eigenvalue weighted by Crippen LogP contribution is 2.11. The lowest BCUT2D eigenvalue weighted by molar-refractivity contribution is -0.130. The molecule has 2 aromatic rings. The third kappa shape index (κ3) is 5.91. The Bertz CT molecular complexity index is 653.